The van der Waals surface area contributed by atoms with Crippen LogP contribution < -0.4 is 20.1 Å². The molecule has 2 heterocycles. The summed E-state index contributed by atoms with van der Waals surface area (Å²) in [6.07, 6.45) is 2.10. The second kappa shape index (κ2) is 8.46. The highest BCUT2D eigenvalue weighted by atomic mass is 32.2. The van der Waals surface area contributed by atoms with E-state index < -0.39 is 35.1 Å². The lowest BCUT2D eigenvalue weighted by atomic mass is 10.2. The van der Waals surface area contributed by atoms with Gasteiger partial charge < -0.3 is 20.1 Å². The summed E-state index contributed by atoms with van der Waals surface area (Å²) in [5.41, 5.74) is -1.00. The molecule has 2 aromatic carbocycles. The lowest BCUT2D eigenvalue weighted by molar-refractivity contribution is -0.137. The molecule has 0 aliphatic carbocycles. The van der Waals surface area contributed by atoms with Gasteiger partial charge in [0.15, 0.2) is 11.6 Å². The summed E-state index contributed by atoms with van der Waals surface area (Å²) >= 11 is 1.35. The fourth-order valence-electron chi connectivity index (χ4n) is 2.75. The number of ether oxygens (including phenoxy) is 1. The van der Waals surface area contributed by atoms with Crippen molar-refractivity contribution >= 4 is 29.5 Å². The first-order valence-corrected chi connectivity index (χ1v) is 9.70. The van der Waals surface area contributed by atoms with Crippen molar-refractivity contribution < 1.29 is 31.5 Å². The molecule has 3 N–H and O–H groups in total. The number of anilines is 2. The third-order valence-electron chi connectivity index (χ3n) is 4.24. The molecule has 0 saturated carbocycles. The molecular weight excluding hydrogens is 455 g/mol. The van der Waals surface area contributed by atoms with Crippen LogP contribution in [0.1, 0.15) is 5.56 Å². The monoisotopic (exact) mass is 468 g/mol. The first-order chi connectivity index (χ1) is 15.2. The molecule has 2 aromatic rings. The predicted molar refractivity (Wildman–Crippen MR) is 109 cm³/mol. The largest absolute Gasteiger partial charge is 0.454 e. The van der Waals surface area contributed by atoms with Gasteiger partial charge in [-0.3, -0.25) is 4.31 Å². The van der Waals surface area contributed by atoms with E-state index in [1.54, 1.807) is 24.6 Å². The van der Waals surface area contributed by atoms with Crippen molar-refractivity contribution in [3.63, 3.8) is 0 Å². The second-order valence-electron chi connectivity index (χ2n) is 6.49. The van der Waals surface area contributed by atoms with Crippen molar-refractivity contribution in [2.24, 2.45) is 0 Å². The molecule has 0 radical (unpaired) electrons. The predicted octanol–water partition coefficient (Wildman–Crippen LogP) is 5.73. The number of benzene rings is 2. The average Bonchev–Trinajstić information content (AvgIpc) is 3.19. The first-order valence-electron chi connectivity index (χ1n) is 8.93. The number of carbonyl (C=O) groups excluding carboxylic acids is 1. The van der Waals surface area contributed by atoms with Crippen molar-refractivity contribution in [1.82, 2.24) is 9.03 Å². The lowest BCUT2D eigenvalue weighted by Gasteiger charge is -2.18. The first kappa shape index (κ1) is 21.6. The third kappa shape index (κ3) is 4.80. The molecule has 0 bridgehead atoms. The molecule has 2 aliphatic rings. The van der Waals surface area contributed by atoms with E-state index in [1.165, 1.54) is 24.3 Å². The van der Waals surface area contributed by atoms with Crippen LogP contribution in [-0.2, 0) is 6.18 Å². The van der Waals surface area contributed by atoms with Crippen LogP contribution >= 0.6 is 12.1 Å². The lowest BCUT2D eigenvalue weighted by Crippen LogP contribution is -2.20. The van der Waals surface area contributed by atoms with Gasteiger partial charge in [0.2, 0.25) is 0 Å². The second-order valence-corrected chi connectivity index (χ2v) is 7.30. The highest BCUT2D eigenvalue weighted by Crippen LogP contribution is 2.32. The summed E-state index contributed by atoms with van der Waals surface area (Å²) in [5, 5.41) is 4.21. The molecule has 0 atom stereocenters. The van der Waals surface area contributed by atoms with Gasteiger partial charge in [0.1, 0.15) is 11.6 Å². The Kier molecular flexibility index (Phi) is 5.70. The zero-order valence-corrected chi connectivity index (χ0v) is 16.7. The minimum absolute atomic E-state index is 0.0156. The number of carbonyl (C=O) groups is 1. The molecule has 32 heavy (non-hydrogen) atoms. The average molecular weight is 468 g/mol. The summed E-state index contributed by atoms with van der Waals surface area (Å²) in [4.78, 5) is 12.1. The van der Waals surface area contributed by atoms with Crippen molar-refractivity contribution in [1.29, 1.82) is 0 Å². The minimum Gasteiger partial charge on any atom is -0.454 e. The Hall–Kier alpha value is -3.67. The molecule has 0 aromatic heterocycles. The van der Waals surface area contributed by atoms with Crippen LogP contribution in [0, 0.1) is 11.6 Å². The van der Waals surface area contributed by atoms with E-state index in [0.717, 1.165) is 11.8 Å². The summed E-state index contributed by atoms with van der Waals surface area (Å²) < 4.78 is 76.8. The molecule has 4 rings (SSSR count). The Morgan fingerprint density at radius 1 is 1.06 bits per heavy atom. The van der Waals surface area contributed by atoms with Gasteiger partial charge in [-0.2, -0.15) is 13.2 Å². The Bertz CT molecular complexity index is 1160. The number of hydrogen-bond acceptors (Lipinski definition) is 5. The highest BCUT2D eigenvalue weighted by Gasteiger charge is 2.31. The Morgan fingerprint density at radius 3 is 2.62 bits per heavy atom. The van der Waals surface area contributed by atoms with Gasteiger partial charge in [0.25, 0.3) is 0 Å². The van der Waals surface area contributed by atoms with Gasteiger partial charge in [-0.1, -0.05) is 0 Å². The number of fused-ring (bicyclic) bond motifs is 1. The Balaban J connectivity index is 1.42. The topological polar surface area (TPSA) is 65.6 Å². The minimum atomic E-state index is -4.70. The number of amides is 2. The van der Waals surface area contributed by atoms with Gasteiger partial charge in [-0.25, -0.2) is 13.6 Å². The summed E-state index contributed by atoms with van der Waals surface area (Å²) in [6.45, 7) is 0. The summed E-state index contributed by atoms with van der Waals surface area (Å²) in [6, 6.07) is 4.12. The van der Waals surface area contributed by atoms with Crippen LogP contribution in [0.5, 0.6) is 5.75 Å². The Labute approximate surface area is 182 Å². The molecule has 12 heteroatoms. The maximum atomic E-state index is 14.4. The normalized spacial score (nSPS) is 14.8. The fraction of sp³-hybridized carbons (Fsp3) is 0.0500. The number of hydrogen-bond donors (Lipinski definition) is 3. The van der Waals surface area contributed by atoms with Crippen molar-refractivity contribution in [2.75, 3.05) is 10.6 Å². The van der Waals surface area contributed by atoms with E-state index in [2.05, 4.69) is 10.0 Å². The maximum absolute atomic E-state index is 14.4. The van der Waals surface area contributed by atoms with E-state index in [-0.39, 0.29) is 11.4 Å². The van der Waals surface area contributed by atoms with Crippen LogP contribution in [0.4, 0.5) is 38.1 Å². The smallest absolute Gasteiger partial charge is 0.416 e. The van der Waals surface area contributed by atoms with Gasteiger partial charge in [0.05, 0.1) is 29.1 Å². The van der Waals surface area contributed by atoms with E-state index in [0.29, 0.717) is 24.0 Å². The van der Waals surface area contributed by atoms with E-state index in [1.807, 2.05) is 9.62 Å². The van der Waals surface area contributed by atoms with Gasteiger partial charge in [-0.05, 0) is 36.4 Å². The van der Waals surface area contributed by atoms with E-state index in [4.69, 9.17) is 4.74 Å². The molecule has 2 aliphatic heterocycles. The van der Waals surface area contributed by atoms with Crippen molar-refractivity contribution in [2.45, 2.75) is 6.18 Å². The van der Waals surface area contributed by atoms with E-state index in [9.17, 15) is 26.7 Å². The van der Waals surface area contributed by atoms with E-state index >= 15 is 0 Å². The molecule has 2 amide bonds. The zero-order chi connectivity index (χ0) is 22.9. The number of alkyl halides is 3. The van der Waals surface area contributed by atoms with Crippen molar-refractivity contribution in [3.8, 4) is 5.75 Å². The van der Waals surface area contributed by atoms with Crippen LogP contribution in [0.2, 0.25) is 0 Å². The van der Waals surface area contributed by atoms with Crippen LogP contribution in [-0.4, -0.2) is 10.3 Å². The van der Waals surface area contributed by atoms with Gasteiger partial charge >= 0.3 is 12.2 Å². The molecule has 6 nitrogen and oxygen atoms in total. The van der Waals surface area contributed by atoms with Crippen LogP contribution in [0.25, 0.3) is 0 Å². The standard InChI is InChI=1S/C20H13F5N4O2S/c21-15-3-1-11(20(23,24)25)7-17(15)28-19(30)27-12-2-4-18(16(22)8-12)31-14-5-6-29-13(9-14)10-26-32-29/h1-10,26H,(H2,27,28,30). The molecule has 166 valence electrons. The van der Waals surface area contributed by atoms with Gasteiger partial charge in [-0.15, -0.1) is 0 Å². The summed E-state index contributed by atoms with van der Waals surface area (Å²) in [7, 11) is 0. The molecule has 0 saturated heterocycles. The van der Waals surface area contributed by atoms with Crippen LogP contribution in [0.3, 0.4) is 0 Å². The SMILES string of the molecule is O=C(Nc1ccc(OC2=CC3=CNSN3C=C2)c(F)c1)Nc1cc(C(F)(F)F)ccc1F. The van der Waals surface area contributed by atoms with Crippen molar-refractivity contribution in [3.05, 3.63) is 89.6 Å². The highest BCUT2D eigenvalue weighted by molar-refractivity contribution is 7.95. The number of halogens is 5. The van der Waals surface area contributed by atoms with Crippen LogP contribution in [0.15, 0.2) is 72.4 Å². The Morgan fingerprint density at radius 2 is 1.88 bits per heavy atom. The molecule has 0 fully saturated rings. The third-order valence-corrected chi connectivity index (χ3v) is 4.99. The number of urea groups is 1. The molecule has 0 spiro atoms. The molecular formula is C20H13F5N4O2S. The van der Waals surface area contributed by atoms with Gasteiger partial charge in [0, 0.05) is 30.2 Å². The number of nitrogens with one attached hydrogen (secondary N) is 3. The summed E-state index contributed by atoms with van der Waals surface area (Å²) in [5.74, 6) is -1.57. The zero-order valence-electron chi connectivity index (χ0n) is 15.8. The fourth-order valence-corrected chi connectivity index (χ4v) is 3.37. The molecule has 0 unspecified atom stereocenters. The maximum Gasteiger partial charge on any atom is 0.416 e. The number of nitrogens with zero attached hydrogens (tertiary/aromatic N) is 1. The number of rotatable bonds is 4. The quantitative estimate of drug-likeness (QED) is 0.395. The number of allylic oxidation sites excluding steroid dienone is 2.